The zero-order valence-electron chi connectivity index (χ0n) is 11.4. The van der Waals surface area contributed by atoms with E-state index in [1.165, 1.54) is 6.20 Å². The molecule has 108 valence electrons. The van der Waals surface area contributed by atoms with Gasteiger partial charge in [-0.3, -0.25) is 4.90 Å². The smallest absolute Gasteiger partial charge is 0.337 e. The quantitative estimate of drug-likeness (QED) is 0.877. The Morgan fingerprint density at radius 3 is 2.75 bits per heavy atom. The number of carbonyl (C=O) groups is 1. The van der Waals surface area contributed by atoms with Crippen LogP contribution >= 0.6 is 0 Å². The predicted molar refractivity (Wildman–Crippen MR) is 74.2 cm³/mol. The maximum atomic E-state index is 10.8. The van der Waals surface area contributed by atoms with Gasteiger partial charge in [0.25, 0.3) is 0 Å². The van der Waals surface area contributed by atoms with E-state index in [-0.39, 0.29) is 5.56 Å². The van der Waals surface area contributed by atoms with E-state index < -0.39 is 5.97 Å². The number of rotatable bonds is 3. The van der Waals surface area contributed by atoms with E-state index in [1.54, 1.807) is 12.1 Å². The molecule has 0 aliphatic carbocycles. The fraction of sp³-hybridized carbons (Fsp3) is 0.571. The first kappa shape index (κ1) is 13.3. The largest absolute Gasteiger partial charge is 0.478 e. The van der Waals surface area contributed by atoms with Gasteiger partial charge in [0, 0.05) is 38.4 Å². The molecule has 0 saturated carbocycles. The van der Waals surface area contributed by atoms with Gasteiger partial charge in [-0.05, 0) is 18.6 Å². The summed E-state index contributed by atoms with van der Waals surface area (Å²) in [6.07, 6.45) is 2.56. The minimum absolute atomic E-state index is 0.234. The first-order chi connectivity index (χ1) is 9.74. The normalized spacial score (nSPS) is 24.0. The highest BCUT2D eigenvalue weighted by molar-refractivity contribution is 5.87. The van der Waals surface area contributed by atoms with Crippen molar-refractivity contribution in [2.24, 2.45) is 0 Å². The maximum absolute atomic E-state index is 10.8. The predicted octanol–water partition coefficient (Wildman–Crippen LogP) is 0.691. The van der Waals surface area contributed by atoms with Gasteiger partial charge in [-0.1, -0.05) is 0 Å². The monoisotopic (exact) mass is 277 g/mol. The summed E-state index contributed by atoms with van der Waals surface area (Å²) in [5, 5.41) is 8.88. The fourth-order valence-electron chi connectivity index (χ4n) is 2.89. The summed E-state index contributed by atoms with van der Waals surface area (Å²) >= 11 is 0. The summed E-state index contributed by atoms with van der Waals surface area (Å²) in [6.45, 7) is 5.58. The van der Waals surface area contributed by atoms with Crippen molar-refractivity contribution in [1.82, 2.24) is 9.88 Å². The maximum Gasteiger partial charge on any atom is 0.337 e. The molecule has 2 fully saturated rings. The van der Waals surface area contributed by atoms with E-state index in [2.05, 4.69) is 14.8 Å². The SMILES string of the molecule is O=C(O)c1ccc(N2CCC(N3CCOCC3)C2)nc1. The molecule has 1 aromatic heterocycles. The summed E-state index contributed by atoms with van der Waals surface area (Å²) in [7, 11) is 0. The fourth-order valence-corrected chi connectivity index (χ4v) is 2.89. The lowest BCUT2D eigenvalue weighted by Crippen LogP contribution is -2.44. The molecule has 0 amide bonds. The molecule has 0 spiro atoms. The van der Waals surface area contributed by atoms with Crippen LogP contribution < -0.4 is 4.90 Å². The van der Waals surface area contributed by atoms with Crippen LogP contribution in [0.25, 0.3) is 0 Å². The van der Waals surface area contributed by atoms with E-state index in [1.807, 2.05) is 0 Å². The Labute approximate surface area is 118 Å². The molecule has 2 aliphatic heterocycles. The molecule has 0 bridgehead atoms. The van der Waals surface area contributed by atoms with Gasteiger partial charge >= 0.3 is 5.97 Å². The van der Waals surface area contributed by atoms with Crippen LogP contribution in [0, 0.1) is 0 Å². The molecule has 3 heterocycles. The minimum atomic E-state index is -0.934. The van der Waals surface area contributed by atoms with Gasteiger partial charge in [0.05, 0.1) is 18.8 Å². The third-order valence-electron chi connectivity index (χ3n) is 4.04. The van der Waals surface area contributed by atoms with Gasteiger partial charge in [-0.25, -0.2) is 9.78 Å². The molecule has 0 aromatic carbocycles. The number of hydrogen-bond donors (Lipinski definition) is 1. The molecule has 1 N–H and O–H groups in total. The van der Waals surface area contributed by atoms with Crippen LogP contribution in [0.2, 0.25) is 0 Å². The number of carboxylic acids is 1. The van der Waals surface area contributed by atoms with Crippen molar-refractivity contribution in [3.63, 3.8) is 0 Å². The number of nitrogens with zero attached hydrogens (tertiary/aromatic N) is 3. The number of ether oxygens (including phenoxy) is 1. The van der Waals surface area contributed by atoms with Crippen molar-refractivity contribution in [2.45, 2.75) is 12.5 Å². The molecular weight excluding hydrogens is 258 g/mol. The minimum Gasteiger partial charge on any atom is -0.478 e. The van der Waals surface area contributed by atoms with E-state index in [0.29, 0.717) is 6.04 Å². The van der Waals surface area contributed by atoms with Gasteiger partial charge in [-0.2, -0.15) is 0 Å². The Morgan fingerprint density at radius 2 is 2.10 bits per heavy atom. The molecule has 2 aliphatic rings. The number of carboxylic acid groups (broad SMARTS) is 1. The van der Waals surface area contributed by atoms with E-state index in [0.717, 1.165) is 51.6 Å². The lowest BCUT2D eigenvalue weighted by atomic mass is 10.2. The van der Waals surface area contributed by atoms with Gasteiger partial charge < -0.3 is 14.7 Å². The zero-order valence-corrected chi connectivity index (χ0v) is 11.4. The average molecular weight is 277 g/mol. The van der Waals surface area contributed by atoms with Crippen LogP contribution in [0.1, 0.15) is 16.8 Å². The second-order valence-corrected chi connectivity index (χ2v) is 5.25. The van der Waals surface area contributed by atoms with E-state index in [4.69, 9.17) is 9.84 Å². The highest BCUT2D eigenvalue weighted by atomic mass is 16.5. The van der Waals surface area contributed by atoms with Crippen LogP contribution in [-0.2, 0) is 4.74 Å². The van der Waals surface area contributed by atoms with Crippen molar-refractivity contribution < 1.29 is 14.6 Å². The van der Waals surface area contributed by atoms with Gasteiger partial charge in [0.1, 0.15) is 5.82 Å². The summed E-state index contributed by atoms with van der Waals surface area (Å²) in [5.41, 5.74) is 0.234. The zero-order chi connectivity index (χ0) is 13.9. The lowest BCUT2D eigenvalue weighted by molar-refractivity contribution is 0.0209. The molecule has 1 atom stereocenters. The summed E-state index contributed by atoms with van der Waals surface area (Å²) in [4.78, 5) is 19.8. The number of pyridine rings is 1. The first-order valence-corrected chi connectivity index (χ1v) is 7.00. The molecule has 6 nitrogen and oxygen atoms in total. The molecule has 1 aromatic rings. The molecule has 2 saturated heterocycles. The topological polar surface area (TPSA) is 65.9 Å². The van der Waals surface area contributed by atoms with Crippen LogP contribution in [0.3, 0.4) is 0 Å². The van der Waals surface area contributed by atoms with Crippen molar-refractivity contribution >= 4 is 11.8 Å². The standard InChI is InChI=1S/C14H19N3O3/c18-14(19)11-1-2-13(15-9-11)17-4-3-12(10-17)16-5-7-20-8-6-16/h1-2,9,12H,3-8,10H2,(H,18,19). The number of hydrogen-bond acceptors (Lipinski definition) is 5. The Hall–Kier alpha value is -1.66. The molecular formula is C14H19N3O3. The van der Waals surface area contributed by atoms with Crippen LogP contribution in [0.4, 0.5) is 5.82 Å². The number of aromatic carboxylic acids is 1. The third kappa shape index (κ3) is 2.76. The van der Waals surface area contributed by atoms with E-state index >= 15 is 0 Å². The number of morpholine rings is 1. The molecule has 3 rings (SSSR count). The Bertz CT molecular complexity index is 471. The second kappa shape index (κ2) is 5.76. The van der Waals surface area contributed by atoms with Crippen LogP contribution in [0.15, 0.2) is 18.3 Å². The Kier molecular flexibility index (Phi) is 3.84. The van der Waals surface area contributed by atoms with Crippen molar-refractivity contribution in [2.75, 3.05) is 44.3 Å². The van der Waals surface area contributed by atoms with Crippen molar-refractivity contribution in [3.8, 4) is 0 Å². The molecule has 1 unspecified atom stereocenters. The highest BCUT2D eigenvalue weighted by Gasteiger charge is 2.29. The number of aromatic nitrogens is 1. The van der Waals surface area contributed by atoms with Crippen molar-refractivity contribution in [1.29, 1.82) is 0 Å². The molecule has 20 heavy (non-hydrogen) atoms. The van der Waals surface area contributed by atoms with Crippen LogP contribution in [0.5, 0.6) is 0 Å². The summed E-state index contributed by atoms with van der Waals surface area (Å²) in [5.74, 6) is -0.0672. The highest BCUT2D eigenvalue weighted by Crippen LogP contribution is 2.22. The second-order valence-electron chi connectivity index (χ2n) is 5.25. The van der Waals surface area contributed by atoms with Gasteiger partial charge in [-0.15, -0.1) is 0 Å². The third-order valence-corrected chi connectivity index (χ3v) is 4.04. The Balaban J connectivity index is 1.62. The summed E-state index contributed by atoms with van der Waals surface area (Å²) in [6, 6.07) is 3.97. The Morgan fingerprint density at radius 1 is 1.30 bits per heavy atom. The number of anilines is 1. The average Bonchev–Trinajstić information content (AvgIpc) is 2.98. The summed E-state index contributed by atoms with van der Waals surface area (Å²) < 4.78 is 5.38. The van der Waals surface area contributed by atoms with Gasteiger partial charge in [0.15, 0.2) is 0 Å². The van der Waals surface area contributed by atoms with Gasteiger partial charge in [0.2, 0.25) is 0 Å². The van der Waals surface area contributed by atoms with E-state index in [9.17, 15) is 4.79 Å². The molecule has 6 heteroatoms. The molecule has 0 radical (unpaired) electrons. The lowest BCUT2D eigenvalue weighted by Gasteiger charge is -2.32. The first-order valence-electron chi connectivity index (χ1n) is 7.00. The van der Waals surface area contributed by atoms with Crippen LogP contribution in [-0.4, -0.2) is 66.4 Å². The van der Waals surface area contributed by atoms with Crippen molar-refractivity contribution in [3.05, 3.63) is 23.9 Å².